The lowest BCUT2D eigenvalue weighted by molar-refractivity contribution is 0.600. The van der Waals surface area contributed by atoms with Gasteiger partial charge in [-0.1, -0.05) is 33.8 Å². The molecule has 1 heterocycles. The molecule has 15 heavy (non-hydrogen) atoms. The number of hydrogen-bond donors (Lipinski definition) is 0. The molecule has 0 fully saturated rings. The second kappa shape index (κ2) is 5.54. The van der Waals surface area contributed by atoms with E-state index < -0.39 is 0 Å². The van der Waals surface area contributed by atoms with E-state index in [0.29, 0.717) is 5.92 Å². The first-order valence-electron chi connectivity index (χ1n) is 5.64. The molecule has 2 aromatic rings. The molecule has 1 unspecified atom stereocenters. The van der Waals surface area contributed by atoms with E-state index in [4.69, 9.17) is 4.42 Å². The quantitative estimate of drug-likeness (QED) is 0.727. The fraction of sp³-hybridized carbons (Fsp3) is 0.462. The Morgan fingerprint density at radius 3 is 2.73 bits per heavy atom. The Balaban J connectivity index is 0.000000531. The lowest BCUT2D eigenvalue weighted by atomic mass is 9.99. The highest BCUT2D eigenvalue weighted by atomic mass is 16.3. The molecule has 2 nitrogen and oxygen atoms in total. The van der Waals surface area contributed by atoms with Crippen LogP contribution >= 0.6 is 0 Å². The Hall–Kier alpha value is -1.31. The van der Waals surface area contributed by atoms with Crippen molar-refractivity contribution in [3.8, 4) is 0 Å². The number of aromatic nitrogens is 1. The van der Waals surface area contributed by atoms with Crippen LogP contribution in [0.5, 0.6) is 0 Å². The molecule has 0 bridgehead atoms. The minimum atomic E-state index is 0.592. The average Bonchev–Trinajstić information content (AvgIpc) is 2.77. The van der Waals surface area contributed by atoms with Gasteiger partial charge in [-0.05, 0) is 30.0 Å². The SMILES string of the molecule is CC.CCC(C)c1ccc2ncoc2c1. The molecule has 1 aromatic carbocycles. The van der Waals surface area contributed by atoms with Gasteiger partial charge in [-0.25, -0.2) is 4.98 Å². The lowest BCUT2D eigenvalue weighted by Crippen LogP contribution is -1.89. The monoisotopic (exact) mass is 205 g/mol. The van der Waals surface area contributed by atoms with E-state index in [-0.39, 0.29) is 0 Å². The first-order chi connectivity index (χ1) is 7.31. The fourth-order valence-electron chi connectivity index (χ4n) is 1.41. The summed E-state index contributed by atoms with van der Waals surface area (Å²) in [7, 11) is 0. The first kappa shape index (κ1) is 11.8. The molecule has 0 radical (unpaired) electrons. The molecule has 0 N–H and O–H groups in total. The van der Waals surface area contributed by atoms with Gasteiger partial charge in [-0.15, -0.1) is 0 Å². The van der Waals surface area contributed by atoms with Crippen LogP contribution in [0.4, 0.5) is 0 Å². The molecule has 0 aliphatic rings. The number of oxazole rings is 1. The number of nitrogens with zero attached hydrogens (tertiary/aromatic N) is 1. The van der Waals surface area contributed by atoms with Gasteiger partial charge in [0.15, 0.2) is 12.0 Å². The third-order valence-electron chi connectivity index (χ3n) is 2.54. The van der Waals surface area contributed by atoms with E-state index in [1.54, 1.807) is 0 Å². The largest absolute Gasteiger partial charge is 0.443 e. The summed E-state index contributed by atoms with van der Waals surface area (Å²) in [4.78, 5) is 4.08. The van der Waals surface area contributed by atoms with Gasteiger partial charge in [0.2, 0.25) is 0 Å². The number of rotatable bonds is 2. The predicted molar refractivity (Wildman–Crippen MR) is 64.1 cm³/mol. The van der Waals surface area contributed by atoms with Crippen molar-refractivity contribution in [1.82, 2.24) is 4.98 Å². The van der Waals surface area contributed by atoms with Gasteiger partial charge in [0.1, 0.15) is 5.52 Å². The van der Waals surface area contributed by atoms with Gasteiger partial charge < -0.3 is 4.42 Å². The Labute approximate surface area is 91.3 Å². The predicted octanol–water partition coefficient (Wildman–Crippen LogP) is 4.37. The lowest BCUT2D eigenvalue weighted by Gasteiger charge is -2.07. The molecule has 0 aliphatic heterocycles. The number of benzene rings is 1. The summed E-state index contributed by atoms with van der Waals surface area (Å²) in [5.74, 6) is 0.592. The summed E-state index contributed by atoms with van der Waals surface area (Å²) in [6.07, 6.45) is 2.64. The van der Waals surface area contributed by atoms with E-state index in [2.05, 4.69) is 31.0 Å². The van der Waals surface area contributed by atoms with Crippen LogP contribution in [0.15, 0.2) is 29.0 Å². The van der Waals surface area contributed by atoms with E-state index in [1.165, 1.54) is 12.0 Å². The maximum atomic E-state index is 5.24. The molecule has 0 saturated heterocycles. The van der Waals surface area contributed by atoms with Crippen molar-refractivity contribution in [2.75, 3.05) is 0 Å². The van der Waals surface area contributed by atoms with Gasteiger partial charge >= 0.3 is 0 Å². The summed E-state index contributed by atoms with van der Waals surface area (Å²) in [6, 6.07) is 6.22. The second-order valence-corrected chi connectivity index (χ2v) is 3.39. The topological polar surface area (TPSA) is 26.0 Å². The Morgan fingerprint density at radius 1 is 1.33 bits per heavy atom. The number of fused-ring (bicyclic) bond motifs is 1. The molecular weight excluding hydrogens is 186 g/mol. The summed E-state index contributed by atoms with van der Waals surface area (Å²) in [5, 5.41) is 0. The van der Waals surface area contributed by atoms with Crippen molar-refractivity contribution in [3.05, 3.63) is 30.2 Å². The van der Waals surface area contributed by atoms with Gasteiger partial charge in [-0.2, -0.15) is 0 Å². The van der Waals surface area contributed by atoms with Crippen LogP contribution in [0.25, 0.3) is 11.1 Å². The molecule has 1 aromatic heterocycles. The maximum Gasteiger partial charge on any atom is 0.181 e. The first-order valence-corrected chi connectivity index (χ1v) is 5.64. The van der Waals surface area contributed by atoms with Crippen LogP contribution in [0.3, 0.4) is 0 Å². The summed E-state index contributed by atoms with van der Waals surface area (Å²) in [6.45, 7) is 8.41. The van der Waals surface area contributed by atoms with Gasteiger partial charge in [0, 0.05) is 0 Å². The summed E-state index contributed by atoms with van der Waals surface area (Å²) >= 11 is 0. The Morgan fingerprint density at radius 2 is 2.07 bits per heavy atom. The zero-order valence-electron chi connectivity index (χ0n) is 9.95. The van der Waals surface area contributed by atoms with Crippen molar-refractivity contribution < 1.29 is 4.42 Å². The highest BCUT2D eigenvalue weighted by Crippen LogP contribution is 2.22. The molecule has 0 spiro atoms. The van der Waals surface area contributed by atoms with Crippen LogP contribution in [0, 0.1) is 0 Å². The maximum absolute atomic E-state index is 5.24. The molecule has 82 valence electrons. The van der Waals surface area contributed by atoms with Gasteiger partial charge in [-0.3, -0.25) is 0 Å². The summed E-state index contributed by atoms with van der Waals surface area (Å²) < 4.78 is 5.24. The fourth-order valence-corrected chi connectivity index (χ4v) is 1.41. The molecule has 2 rings (SSSR count). The van der Waals surface area contributed by atoms with Gasteiger partial charge in [0.25, 0.3) is 0 Å². The van der Waals surface area contributed by atoms with E-state index in [0.717, 1.165) is 17.5 Å². The van der Waals surface area contributed by atoms with Crippen molar-refractivity contribution in [2.45, 2.75) is 40.0 Å². The zero-order valence-corrected chi connectivity index (χ0v) is 9.95. The van der Waals surface area contributed by atoms with E-state index in [9.17, 15) is 0 Å². The normalized spacial score (nSPS) is 12.0. The molecular formula is C13H19NO. The molecule has 0 amide bonds. The van der Waals surface area contributed by atoms with Crippen LogP contribution < -0.4 is 0 Å². The van der Waals surface area contributed by atoms with E-state index >= 15 is 0 Å². The third kappa shape index (κ3) is 2.58. The van der Waals surface area contributed by atoms with Crippen LogP contribution in [-0.4, -0.2) is 4.98 Å². The Kier molecular flexibility index (Phi) is 4.35. The highest BCUT2D eigenvalue weighted by molar-refractivity contribution is 5.72. The standard InChI is InChI=1S/C11H13NO.C2H6/c1-3-8(2)9-4-5-10-11(6-9)13-7-12-10;1-2/h4-8H,3H2,1-2H3;1-2H3. The third-order valence-corrected chi connectivity index (χ3v) is 2.54. The zero-order chi connectivity index (χ0) is 11.3. The van der Waals surface area contributed by atoms with Gasteiger partial charge in [0.05, 0.1) is 0 Å². The van der Waals surface area contributed by atoms with Crippen molar-refractivity contribution in [2.24, 2.45) is 0 Å². The number of hydrogen-bond acceptors (Lipinski definition) is 2. The highest BCUT2D eigenvalue weighted by Gasteiger charge is 2.05. The van der Waals surface area contributed by atoms with E-state index in [1.807, 2.05) is 19.9 Å². The summed E-state index contributed by atoms with van der Waals surface area (Å²) in [5.41, 5.74) is 3.15. The van der Waals surface area contributed by atoms with Crippen molar-refractivity contribution in [1.29, 1.82) is 0 Å². The molecule has 0 saturated carbocycles. The van der Waals surface area contributed by atoms with Crippen LogP contribution in [0.2, 0.25) is 0 Å². The minimum absolute atomic E-state index is 0.592. The minimum Gasteiger partial charge on any atom is -0.443 e. The molecule has 2 heteroatoms. The molecule has 0 aliphatic carbocycles. The smallest absolute Gasteiger partial charge is 0.181 e. The van der Waals surface area contributed by atoms with Crippen molar-refractivity contribution in [3.63, 3.8) is 0 Å². The second-order valence-electron chi connectivity index (χ2n) is 3.39. The average molecular weight is 205 g/mol. The van der Waals surface area contributed by atoms with Crippen LogP contribution in [-0.2, 0) is 0 Å². The molecule has 1 atom stereocenters. The Bertz CT molecular complexity index is 406. The van der Waals surface area contributed by atoms with Crippen LogP contribution in [0.1, 0.15) is 45.6 Å². The van der Waals surface area contributed by atoms with Crippen molar-refractivity contribution >= 4 is 11.1 Å².